The van der Waals surface area contributed by atoms with Gasteiger partial charge in [-0.15, -0.1) is 0 Å². The lowest BCUT2D eigenvalue weighted by Gasteiger charge is -2.32. The number of pyridine rings is 1. The number of methoxy groups -OCH3 is 1. The molecule has 0 spiro atoms. The van der Waals surface area contributed by atoms with Crippen molar-refractivity contribution in [2.45, 2.75) is 25.8 Å². The smallest absolute Gasteiger partial charge is 0.253 e. The number of hydrogen-bond acceptors (Lipinski definition) is 5. The van der Waals surface area contributed by atoms with E-state index in [2.05, 4.69) is 20.5 Å². The van der Waals surface area contributed by atoms with Crippen LogP contribution < -0.4 is 15.4 Å². The third-order valence-electron chi connectivity index (χ3n) is 5.81. The highest BCUT2D eigenvalue weighted by Gasteiger charge is 2.23. The fraction of sp³-hybridized carbons (Fsp3) is 0.320. The van der Waals surface area contributed by atoms with E-state index in [4.69, 9.17) is 4.74 Å². The van der Waals surface area contributed by atoms with Gasteiger partial charge in [-0.3, -0.25) is 19.5 Å². The molecule has 0 bridgehead atoms. The molecule has 2 aromatic carbocycles. The quantitative estimate of drug-likeness (QED) is 0.624. The Bertz CT molecular complexity index is 1110. The molecule has 7 heteroatoms. The summed E-state index contributed by atoms with van der Waals surface area (Å²) in [6.45, 7) is 3.73. The number of aromatic nitrogens is 1. The van der Waals surface area contributed by atoms with Gasteiger partial charge in [-0.25, -0.2) is 0 Å². The van der Waals surface area contributed by atoms with Crippen molar-refractivity contribution >= 4 is 28.4 Å². The van der Waals surface area contributed by atoms with Crippen LogP contribution in [-0.4, -0.2) is 54.5 Å². The molecular formula is C25H28N4O3. The first-order valence-electron chi connectivity index (χ1n) is 10.9. The number of nitrogens with zero attached hydrogens (tertiary/aromatic N) is 2. The highest BCUT2D eigenvalue weighted by molar-refractivity contribution is 5.99. The average Bonchev–Trinajstić information content (AvgIpc) is 2.80. The fourth-order valence-electron chi connectivity index (χ4n) is 4.02. The summed E-state index contributed by atoms with van der Waals surface area (Å²) in [5, 5.41) is 6.97. The second-order valence-corrected chi connectivity index (χ2v) is 8.12. The number of rotatable bonds is 6. The van der Waals surface area contributed by atoms with Crippen molar-refractivity contribution in [2.75, 3.05) is 32.1 Å². The molecule has 0 unspecified atom stereocenters. The van der Waals surface area contributed by atoms with Crippen molar-refractivity contribution in [3.63, 3.8) is 0 Å². The lowest BCUT2D eigenvalue weighted by Crippen LogP contribution is -2.46. The van der Waals surface area contributed by atoms with Crippen LogP contribution in [0.5, 0.6) is 5.75 Å². The minimum Gasteiger partial charge on any atom is -0.497 e. The molecule has 2 N–H and O–H groups in total. The summed E-state index contributed by atoms with van der Waals surface area (Å²) >= 11 is 0. The second kappa shape index (κ2) is 9.78. The summed E-state index contributed by atoms with van der Waals surface area (Å²) in [4.78, 5) is 31.9. The molecule has 2 heterocycles. The largest absolute Gasteiger partial charge is 0.497 e. The average molecular weight is 433 g/mol. The van der Waals surface area contributed by atoms with Gasteiger partial charge in [0.2, 0.25) is 5.91 Å². The number of benzene rings is 2. The van der Waals surface area contributed by atoms with Crippen LogP contribution in [0.15, 0.2) is 54.6 Å². The number of hydrogen-bond donors (Lipinski definition) is 2. The van der Waals surface area contributed by atoms with E-state index < -0.39 is 0 Å². The third kappa shape index (κ3) is 5.23. The lowest BCUT2D eigenvalue weighted by molar-refractivity contribution is -0.117. The van der Waals surface area contributed by atoms with Crippen molar-refractivity contribution in [2.24, 2.45) is 0 Å². The molecule has 1 saturated heterocycles. The van der Waals surface area contributed by atoms with Crippen molar-refractivity contribution in [3.8, 4) is 5.75 Å². The van der Waals surface area contributed by atoms with E-state index in [0.29, 0.717) is 17.8 Å². The van der Waals surface area contributed by atoms with E-state index in [-0.39, 0.29) is 17.9 Å². The zero-order valence-electron chi connectivity index (χ0n) is 18.4. The summed E-state index contributed by atoms with van der Waals surface area (Å²) in [5.41, 5.74) is 2.89. The first kappa shape index (κ1) is 21.8. The van der Waals surface area contributed by atoms with E-state index in [1.54, 1.807) is 7.11 Å². The molecule has 1 aliphatic heterocycles. The SMILES string of the molecule is COc1ccc2cc(C(=O)NC3CCN(CC(=O)Nc4ccccc4)CC3)c(C)nc2c1. The van der Waals surface area contributed by atoms with Crippen LogP contribution in [0.3, 0.4) is 0 Å². The summed E-state index contributed by atoms with van der Waals surface area (Å²) in [7, 11) is 1.62. The maximum absolute atomic E-state index is 12.9. The Morgan fingerprint density at radius 2 is 1.84 bits per heavy atom. The van der Waals surface area contributed by atoms with Gasteiger partial charge in [0.1, 0.15) is 5.75 Å². The number of amides is 2. The van der Waals surface area contributed by atoms with Gasteiger partial charge >= 0.3 is 0 Å². The maximum Gasteiger partial charge on any atom is 0.253 e. The standard InChI is InChI=1S/C25H28N4O3/c1-17-22(14-18-8-9-21(32-2)15-23(18)26-17)25(31)28-20-10-12-29(13-11-20)16-24(30)27-19-6-4-3-5-7-19/h3-9,14-15,20H,10-13,16H2,1-2H3,(H,27,30)(H,28,31). The summed E-state index contributed by atoms with van der Waals surface area (Å²) in [5.74, 6) is 0.618. The summed E-state index contributed by atoms with van der Waals surface area (Å²) in [6, 6.07) is 17.1. The molecule has 0 aliphatic carbocycles. The van der Waals surface area contributed by atoms with Gasteiger partial charge in [0.05, 0.1) is 30.4 Å². The lowest BCUT2D eigenvalue weighted by atomic mass is 10.0. The maximum atomic E-state index is 12.9. The number of aryl methyl sites for hydroxylation is 1. The van der Waals surface area contributed by atoms with Crippen LogP contribution >= 0.6 is 0 Å². The monoisotopic (exact) mass is 432 g/mol. The number of piperidine rings is 1. The third-order valence-corrected chi connectivity index (χ3v) is 5.81. The number of fused-ring (bicyclic) bond motifs is 1. The van der Waals surface area contributed by atoms with Gasteiger partial charge in [-0.05, 0) is 50.1 Å². The van der Waals surface area contributed by atoms with E-state index in [1.165, 1.54) is 0 Å². The molecule has 32 heavy (non-hydrogen) atoms. The molecule has 0 saturated carbocycles. The Balaban J connectivity index is 1.30. The number of para-hydroxylation sites is 1. The van der Waals surface area contributed by atoms with E-state index in [0.717, 1.165) is 48.3 Å². The molecule has 0 radical (unpaired) electrons. The molecular weight excluding hydrogens is 404 g/mol. The van der Waals surface area contributed by atoms with Crippen molar-refractivity contribution in [1.82, 2.24) is 15.2 Å². The Kier molecular flexibility index (Phi) is 6.66. The Morgan fingerprint density at radius 1 is 1.09 bits per heavy atom. The normalized spacial score (nSPS) is 14.8. The second-order valence-electron chi connectivity index (χ2n) is 8.12. The number of anilines is 1. The molecule has 3 aromatic rings. The van der Waals surface area contributed by atoms with E-state index in [9.17, 15) is 9.59 Å². The van der Waals surface area contributed by atoms with E-state index in [1.807, 2.05) is 61.5 Å². The van der Waals surface area contributed by atoms with Gasteiger partial charge in [0.25, 0.3) is 5.91 Å². The molecule has 1 fully saturated rings. The van der Waals surface area contributed by atoms with Crippen LogP contribution in [-0.2, 0) is 4.79 Å². The minimum absolute atomic E-state index is 0.0202. The van der Waals surface area contributed by atoms with Crippen LogP contribution in [0.4, 0.5) is 5.69 Å². The molecule has 1 aliphatic rings. The van der Waals surface area contributed by atoms with Crippen molar-refractivity contribution in [1.29, 1.82) is 0 Å². The van der Waals surface area contributed by atoms with Gasteiger partial charge < -0.3 is 15.4 Å². The number of ether oxygens (including phenoxy) is 1. The molecule has 2 amide bonds. The molecule has 7 nitrogen and oxygen atoms in total. The summed E-state index contributed by atoms with van der Waals surface area (Å²) < 4.78 is 5.25. The first-order chi connectivity index (χ1) is 15.5. The van der Waals surface area contributed by atoms with Crippen LogP contribution in [0.2, 0.25) is 0 Å². The number of carbonyl (C=O) groups is 2. The van der Waals surface area contributed by atoms with Gasteiger partial charge in [-0.2, -0.15) is 0 Å². The zero-order chi connectivity index (χ0) is 22.5. The van der Waals surface area contributed by atoms with Gasteiger partial charge in [0.15, 0.2) is 0 Å². The van der Waals surface area contributed by atoms with Crippen LogP contribution in [0.25, 0.3) is 10.9 Å². The molecule has 4 rings (SSSR count). The number of nitrogens with one attached hydrogen (secondary N) is 2. The van der Waals surface area contributed by atoms with Crippen molar-refractivity contribution in [3.05, 3.63) is 65.9 Å². The molecule has 166 valence electrons. The Morgan fingerprint density at radius 3 is 2.56 bits per heavy atom. The Hall–Kier alpha value is -3.45. The highest BCUT2D eigenvalue weighted by atomic mass is 16.5. The van der Waals surface area contributed by atoms with Gasteiger partial charge in [-0.1, -0.05) is 18.2 Å². The molecule has 1 aromatic heterocycles. The first-order valence-corrected chi connectivity index (χ1v) is 10.9. The number of likely N-dealkylation sites (tertiary alicyclic amines) is 1. The fourth-order valence-corrected chi connectivity index (χ4v) is 4.02. The predicted octanol–water partition coefficient (Wildman–Crippen LogP) is 3.38. The topological polar surface area (TPSA) is 83.6 Å². The van der Waals surface area contributed by atoms with E-state index >= 15 is 0 Å². The van der Waals surface area contributed by atoms with Crippen LogP contribution in [0.1, 0.15) is 28.9 Å². The zero-order valence-corrected chi connectivity index (χ0v) is 18.4. The van der Waals surface area contributed by atoms with Crippen molar-refractivity contribution < 1.29 is 14.3 Å². The minimum atomic E-state index is -0.104. The Labute approximate surface area is 187 Å². The number of carbonyl (C=O) groups excluding carboxylic acids is 2. The van der Waals surface area contributed by atoms with Gasteiger partial charge in [0, 0.05) is 36.3 Å². The highest BCUT2D eigenvalue weighted by Crippen LogP contribution is 2.22. The van der Waals surface area contributed by atoms with Crippen LogP contribution in [0, 0.1) is 6.92 Å². The predicted molar refractivity (Wildman–Crippen MR) is 125 cm³/mol. The molecule has 0 atom stereocenters. The summed E-state index contributed by atoms with van der Waals surface area (Å²) in [6.07, 6.45) is 1.61.